The molecule has 1 heterocycles. The number of anilines is 1. The van der Waals surface area contributed by atoms with Crippen molar-refractivity contribution in [3.8, 4) is 0 Å². The van der Waals surface area contributed by atoms with Crippen molar-refractivity contribution in [2.75, 3.05) is 5.32 Å². The third kappa shape index (κ3) is 7.26. The first-order valence-corrected chi connectivity index (χ1v) is 8.94. The lowest BCUT2D eigenvalue weighted by Crippen LogP contribution is -2.32. The van der Waals surface area contributed by atoms with Gasteiger partial charge in [0.2, 0.25) is 0 Å². The van der Waals surface area contributed by atoms with Crippen LogP contribution in [0.4, 0.5) is 23.8 Å². The number of pyridine rings is 1. The molecule has 162 valence electrons. The van der Waals surface area contributed by atoms with Gasteiger partial charge in [0.25, 0.3) is 0 Å². The number of carboxylic acid groups (broad SMARTS) is 1. The summed E-state index contributed by atoms with van der Waals surface area (Å²) < 4.78 is 44.7. The van der Waals surface area contributed by atoms with Crippen molar-refractivity contribution in [3.05, 3.63) is 58.8 Å². The van der Waals surface area contributed by atoms with Crippen LogP contribution in [0.3, 0.4) is 0 Å². The van der Waals surface area contributed by atoms with Gasteiger partial charge in [0, 0.05) is 13.1 Å². The van der Waals surface area contributed by atoms with Crippen LogP contribution < -0.4 is 10.6 Å². The smallest absolute Gasteiger partial charge is 0.433 e. The summed E-state index contributed by atoms with van der Waals surface area (Å²) >= 11 is 0. The van der Waals surface area contributed by atoms with E-state index >= 15 is 0 Å². The quantitative estimate of drug-likeness (QED) is 0.633. The molecule has 0 aliphatic heterocycles. The van der Waals surface area contributed by atoms with Crippen molar-refractivity contribution in [1.82, 2.24) is 10.3 Å². The normalized spacial score (nSPS) is 11.7. The Morgan fingerprint density at radius 1 is 1.07 bits per heavy atom. The highest BCUT2D eigenvalue weighted by Crippen LogP contribution is 2.29. The summed E-state index contributed by atoms with van der Waals surface area (Å²) in [7, 11) is 0. The fourth-order valence-corrected chi connectivity index (χ4v) is 2.42. The van der Waals surface area contributed by atoms with Gasteiger partial charge < -0.3 is 20.5 Å². The molecule has 0 atom stereocenters. The molecule has 2 aromatic rings. The minimum atomic E-state index is -4.68. The summed E-state index contributed by atoms with van der Waals surface area (Å²) in [6.07, 6.45) is -5.44. The van der Waals surface area contributed by atoms with E-state index in [1.54, 1.807) is 26.8 Å². The summed E-state index contributed by atoms with van der Waals surface area (Å²) in [6, 6.07) is 8.21. The van der Waals surface area contributed by atoms with Gasteiger partial charge >= 0.3 is 18.2 Å². The van der Waals surface area contributed by atoms with Crippen LogP contribution >= 0.6 is 0 Å². The zero-order valence-electron chi connectivity index (χ0n) is 16.6. The number of ether oxygens (including phenoxy) is 1. The second-order valence-corrected chi connectivity index (χ2v) is 7.46. The molecule has 1 aromatic carbocycles. The van der Waals surface area contributed by atoms with E-state index in [1.165, 1.54) is 24.3 Å². The fourth-order valence-electron chi connectivity index (χ4n) is 2.42. The minimum absolute atomic E-state index is 0.0634. The third-order valence-electron chi connectivity index (χ3n) is 3.66. The first-order chi connectivity index (χ1) is 13.8. The van der Waals surface area contributed by atoms with Gasteiger partial charge in [-0.2, -0.15) is 13.2 Å². The van der Waals surface area contributed by atoms with E-state index in [4.69, 9.17) is 9.84 Å². The molecule has 0 radical (unpaired) electrons. The molecule has 0 aliphatic carbocycles. The SMILES string of the molecule is CC(C)(C)OC(=O)NCc1cc(NCc2cccc(C(=O)O)c2)nc(C(F)(F)F)c1. The Morgan fingerprint density at radius 2 is 1.77 bits per heavy atom. The molecule has 1 aromatic heterocycles. The Hall–Kier alpha value is -3.30. The predicted molar refractivity (Wildman–Crippen MR) is 103 cm³/mol. The lowest BCUT2D eigenvalue weighted by molar-refractivity contribution is -0.141. The summed E-state index contributed by atoms with van der Waals surface area (Å²) in [5.74, 6) is -1.17. The molecular weight excluding hydrogens is 403 g/mol. The predicted octanol–water partition coefficient (Wildman–Crippen LogP) is 4.44. The molecule has 0 aliphatic rings. The maximum atomic E-state index is 13.2. The van der Waals surface area contributed by atoms with Crippen LogP contribution in [0.25, 0.3) is 0 Å². The highest BCUT2D eigenvalue weighted by Gasteiger charge is 2.33. The fraction of sp³-hybridized carbons (Fsp3) is 0.350. The monoisotopic (exact) mass is 425 g/mol. The highest BCUT2D eigenvalue weighted by molar-refractivity contribution is 5.87. The molecule has 3 N–H and O–H groups in total. The number of aromatic nitrogens is 1. The molecule has 1 amide bonds. The van der Waals surface area contributed by atoms with Gasteiger partial charge in [-0.25, -0.2) is 14.6 Å². The second kappa shape index (κ2) is 9.02. The molecule has 7 nitrogen and oxygen atoms in total. The van der Waals surface area contributed by atoms with Crippen molar-refractivity contribution in [2.24, 2.45) is 0 Å². The number of benzene rings is 1. The Bertz CT molecular complexity index is 924. The number of halogens is 3. The molecule has 30 heavy (non-hydrogen) atoms. The zero-order chi connectivity index (χ0) is 22.5. The molecule has 2 rings (SSSR count). The summed E-state index contributed by atoms with van der Waals surface area (Å²) in [5.41, 5.74) is -1.06. The summed E-state index contributed by atoms with van der Waals surface area (Å²) in [6.45, 7) is 4.88. The maximum Gasteiger partial charge on any atom is 0.433 e. The number of amides is 1. The second-order valence-electron chi connectivity index (χ2n) is 7.46. The Balaban J connectivity index is 2.16. The number of aromatic carboxylic acids is 1. The van der Waals surface area contributed by atoms with Crippen LogP contribution in [0.1, 0.15) is 48.0 Å². The lowest BCUT2D eigenvalue weighted by Gasteiger charge is -2.20. The van der Waals surface area contributed by atoms with E-state index in [0.717, 1.165) is 6.07 Å². The first kappa shape index (κ1) is 23.0. The number of carboxylic acids is 1. The Morgan fingerprint density at radius 3 is 2.37 bits per heavy atom. The lowest BCUT2D eigenvalue weighted by atomic mass is 10.1. The van der Waals surface area contributed by atoms with Crippen molar-refractivity contribution in [2.45, 2.75) is 45.6 Å². The van der Waals surface area contributed by atoms with Crippen molar-refractivity contribution < 1.29 is 32.6 Å². The van der Waals surface area contributed by atoms with Crippen LogP contribution in [-0.2, 0) is 24.0 Å². The Labute approximate surface area is 171 Å². The average Bonchev–Trinajstić information content (AvgIpc) is 2.63. The van der Waals surface area contributed by atoms with Gasteiger partial charge in [0.15, 0.2) is 0 Å². The highest BCUT2D eigenvalue weighted by atomic mass is 19.4. The molecule has 0 spiro atoms. The molecule has 0 bridgehead atoms. The van der Waals surface area contributed by atoms with E-state index in [9.17, 15) is 22.8 Å². The molecule has 0 saturated heterocycles. The molecule has 10 heteroatoms. The number of rotatable bonds is 6. The van der Waals surface area contributed by atoms with Gasteiger partial charge in [-0.15, -0.1) is 0 Å². The number of alkyl halides is 3. The van der Waals surface area contributed by atoms with Crippen molar-refractivity contribution in [3.63, 3.8) is 0 Å². The topological polar surface area (TPSA) is 101 Å². The van der Waals surface area contributed by atoms with E-state index in [1.807, 2.05) is 0 Å². The number of hydrogen-bond acceptors (Lipinski definition) is 5. The summed E-state index contributed by atoms with van der Waals surface area (Å²) in [5, 5.41) is 14.2. The van der Waals surface area contributed by atoms with E-state index in [-0.39, 0.29) is 30.0 Å². The van der Waals surface area contributed by atoms with Crippen LogP contribution in [0, 0.1) is 0 Å². The molecule has 0 fully saturated rings. The number of alkyl carbamates (subject to hydrolysis) is 1. The van der Waals surface area contributed by atoms with Crippen LogP contribution in [0.5, 0.6) is 0 Å². The van der Waals surface area contributed by atoms with Gasteiger partial charge in [-0.1, -0.05) is 12.1 Å². The van der Waals surface area contributed by atoms with E-state index in [2.05, 4.69) is 15.6 Å². The first-order valence-electron chi connectivity index (χ1n) is 8.94. The number of carbonyl (C=O) groups is 2. The maximum absolute atomic E-state index is 13.2. The van der Waals surface area contributed by atoms with Crippen molar-refractivity contribution in [1.29, 1.82) is 0 Å². The van der Waals surface area contributed by atoms with Gasteiger partial charge in [-0.05, 0) is 56.2 Å². The standard InChI is InChI=1S/C20H22F3N3O4/c1-19(2,3)30-18(29)25-11-13-8-15(20(21,22)23)26-16(9-13)24-10-12-5-4-6-14(7-12)17(27)28/h4-9H,10-11H2,1-3H3,(H,24,26)(H,25,29)(H,27,28). The van der Waals surface area contributed by atoms with E-state index < -0.39 is 29.5 Å². The average molecular weight is 425 g/mol. The molecular formula is C20H22F3N3O4. The van der Waals surface area contributed by atoms with Gasteiger partial charge in [-0.3, -0.25) is 0 Å². The Kier molecular flexibility index (Phi) is 6.91. The van der Waals surface area contributed by atoms with Crippen LogP contribution in [0.2, 0.25) is 0 Å². The molecule has 0 unspecified atom stereocenters. The number of nitrogens with one attached hydrogen (secondary N) is 2. The largest absolute Gasteiger partial charge is 0.478 e. The van der Waals surface area contributed by atoms with E-state index in [0.29, 0.717) is 5.56 Å². The van der Waals surface area contributed by atoms with Crippen LogP contribution in [0.15, 0.2) is 36.4 Å². The molecule has 0 saturated carbocycles. The number of carbonyl (C=O) groups excluding carboxylic acids is 1. The van der Waals surface area contributed by atoms with Crippen LogP contribution in [-0.4, -0.2) is 27.8 Å². The van der Waals surface area contributed by atoms with Gasteiger partial charge in [0.1, 0.15) is 17.1 Å². The minimum Gasteiger partial charge on any atom is -0.478 e. The number of hydrogen-bond donors (Lipinski definition) is 3. The summed E-state index contributed by atoms with van der Waals surface area (Å²) in [4.78, 5) is 26.4. The number of nitrogens with zero attached hydrogens (tertiary/aromatic N) is 1. The third-order valence-corrected chi connectivity index (χ3v) is 3.66. The zero-order valence-corrected chi connectivity index (χ0v) is 16.6. The van der Waals surface area contributed by atoms with Gasteiger partial charge in [0.05, 0.1) is 5.56 Å². The van der Waals surface area contributed by atoms with Crippen molar-refractivity contribution >= 4 is 17.9 Å².